The first kappa shape index (κ1) is 21.3. The Morgan fingerprint density at radius 2 is 1.16 bits per heavy atom. The van der Waals surface area contributed by atoms with Gasteiger partial charge in [0.05, 0.1) is 0 Å². The second kappa shape index (κ2) is 11.8. The molecule has 0 amide bonds. The van der Waals surface area contributed by atoms with E-state index in [9.17, 15) is 0 Å². The first-order valence-corrected chi connectivity index (χ1v) is 8.20. The highest BCUT2D eigenvalue weighted by Crippen LogP contribution is 2.21. The largest absolute Gasteiger partial charge is 0.382 e. The fourth-order valence-electron chi connectivity index (χ4n) is 1.75. The van der Waals surface area contributed by atoms with Gasteiger partial charge in [-0.15, -0.1) is 0 Å². The van der Waals surface area contributed by atoms with E-state index in [1.165, 1.54) is 38.5 Å². The minimum Gasteiger partial charge on any atom is -0.382 e. The molecular formula is C18H40O. The third-order valence-corrected chi connectivity index (χ3v) is 2.95. The summed E-state index contributed by atoms with van der Waals surface area (Å²) < 4.78 is 5.23. The maximum absolute atomic E-state index is 5.23. The minimum atomic E-state index is 0.469. The van der Waals surface area contributed by atoms with Crippen LogP contribution in [0.4, 0.5) is 0 Å². The van der Waals surface area contributed by atoms with Crippen LogP contribution in [-0.2, 0) is 4.74 Å². The topological polar surface area (TPSA) is 9.23 Å². The molecule has 0 aromatic heterocycles. The lowest BCUT2D eigenvalue weighted by molar-refractivity contribution is 0.134. The summed E-state index contributed by atoms with van der Waals surface area (Å²) in [6.45, 7) is 19.8. The first-order valence-electron chi connectivity index (χ1n) is 8.20. The van der Waals surface area contributed by atoms with E-state index in [4.69, 9.17) is 4.74 Å². The SMILES string of the molecule is CCCCCC(C)(C)C.CCOCCCC(C)(C)C. The van der Waals surface area contributed by atoms with E-state index in [-0.39, 0.29) is 0 Å². The van der Waals surface area contributed by atoms with E-state index in [2.05, 4.69) is 48.5 Å². The standard InChI is InChI=1S/C9H20O.C9H20/c1-5-10-8-6-7-9(2,3)4;1-5-6-7-8-9(2,3)4/h5-8H2,1-4H3;5-8H2,1-4H3. The van der Waals surface area contributed by atoms with Crippen molar-refractivity contribution >= 4 is 0 Å². The maximum atomic E-state index is 5.23. The molecule has 0 unspecified atom stereocenters. The molecule has 19 heavy (non-hydrogen) atoms. The molecule has 0 spiro atoms. The Morgan fingerprint density at radius 1 is 0.684 bits per heavy atom. The van der Waals surface area contributed by atoms with Gasteiger partial charge in [0.2, 0.25) is 0 Å². The molecule has 0 heterocycles. The van der Waals surface area contributed by atoms with Gasteiger partial charge in [-0.3, -0.25) is 0 Å². The van der Waals surface area contributed by atoms with Gasteiger partial charge in [0, 0.05) is 13.2 Å². The van der Waals surface area contributed by atoms with Gasteiger partial charge in [0.1, 0.15) is 0 Å². The first-order chi connectivity index (χ1) is 8.62. The Balaban J connectivity index is 0. The van der Waals surface area contributed by atoms with Crippen LogP contribution in [0.1, 0.15) is 93.9 Å². The van der Waals surface area contributed by atoms with Gasteiger partial charge < -0.3 is 4.74 Å². The number of rotatable bonds is 7. The van der Waals surface area contributed by atoms with Crippen molar-refractivity contribution in [3.8, 4) is 0 Å². The van der Waals surface area contributed by atoms with Crippen LogP contribution in [0.5, 0.6) is 0 Å². The number of unbranched alkanes of at least 4 members (excludes halogenated alkanes) is 2. The number of hydrogen-bond acceptors (Lipinski definition) is 1. The van der Waals surface area contributed by atoms with Crippen molar-refractivity contribution < 1.29 is 4.74 Å². The van der Waals surface area contributed by atoms with E-state index >= 15 is 0 Å². The monoisotopic (exact) mass is 272 g/mol. The molecule has 0 aromatic rings. The fraction of sp³-hybridized carbons (Fsp3) is 1.00. The second-order valence-corrected chi connectivity index (χ2v) is 7.88. The Hall–Kier alpha value is -0.0400. The molecule has 0 bridgehead atoms. The lowest BCUT2D eigenvalue weighted by atomic mass is 9.90. The highest BCUT2D eigenvalue weighted by molar-refractivity contribution is 4.60. The molecule has 1 heteroatoms. The third kappa shape index (κ3) is 27.2. The zero-order chi connectivity index (χ0) is 15.4. The van der Waals surface area contributed by atoms with Crippen LogP contribution in [0, 0.1) is 10.8 Å². The molecule has 118 valence electrons. The van der Waals surface area contributed by atoms with Gasteiger partial charge in [-0.2, -0.15) is 0 Å². The van der Waals surface area contributed by atoms with E-state index < -0.39 is 0 Å². The number of hydrogen-bond donors (Lipinski definition) is 0. The van der Waals surface area contributed by atoms with Crippen LogP contribution >= 0.6 is 0 Å². The average Bonchev–Trinajstić information content (AvgIpc) is 2.23. The summed E-state index contributed by atoms with van der Waals surface area (Å²) in [6.07, 6.45) is 7.97. The van der Waals surface area contributed by atoms with Gasteiger partial charge in [-0.05, 0) is 37.0 Å². The van der Waals surface area contributed by atoms with Crippen molar-refractivity contribution in [1.29, 1.82) is 0 Å². The van der Waals surface area contributed by atoms with Gasteiger partial charge >= 0.3 is 0 Å². The molecule has 0 N–H and O–H groups in total. The summed E-state index contributed by atoms with van der Waals surface area (Å²) in [5, 5.41) is 0. The molecule has 0 radical (unpaired) electrons. The Morgan fingerprint density at radius 3 is 1.53 bits per heavy atom. The molecule has 0 rings (SSSR count). The Bertz CT molecular complexity index is 171. The minimum absolute atomic E-state index is 0.469. The van der Waals surface area contributed by atoms with Crippen molar-refractivity contribution in [3.63, 3.8) is 0 Å². The lowest BCUT2D eigenvalue weighted by Gasteiger charge is -2.17. The van der Waals surface area contributed by atoms with Crippen LogP contribution in [-0.4, -0.2) is 13.2 Å². The van der Waals surface area contributed by atoms with Crippen LogP contribution in [0.2, 0.25) is 0 Å². The molecular weight excluding hydrogens is 232 g/mol. The van der Waals surface area contributed by atoms with Crippen LogP contribution in [0.15, 0.2) is 0 Å². The summed E-state index contributed by atoms with van der Waals surface area (Å²) in [7, 11) is 0. The van der Waals surface area contributed by atoms with Gasteiger partial charge in [0.25, 0.3) is 0 Å². The van der Waals surface area contributed by atoms with E-state index in [0.29, 0.717) is 10.8 Å². The molecule has 0 aromatic carbocycles. The quantitative estimate of drug-likeness (QED) is 0.483. The predicted octanol–water partition coefficient (Wildman–Crippen LogP) is 6.46. The van der Waals surface area contributed by atoms with Gasteiger partial charge in [-0.1, -0.05) is 67.7 Å². The van der Waals surface area contributed by atoms with Crippen LogP contribution < -0.4 is 0 Å². The molecule has 0 saturated heterocycles. The summed E-state index contributed by atoms with van der Waals surface area (Å²) >= 11 is 0. The normalized spacial score (nSPS) is 12.0. The zero-order valence-electron chi connectivity index (χ0n) is 15.1. The van der Waals surface area contributed by atoms with Crippen molar-refractivity contribution in [2.24, 2.45) is 10.8 Å². The van der Waals surface area contributed by atoms with Crippen molar-refractivity contribution in [1.82, 2.24) is 0 Å². The highest BCUT2D eigenvalue weighted by Gasteiger charge is 2.08. The Kier molecular flexibility index (Phi) is 13.2. The molecule has 0 aliphatic rings. The molecule has 0 aliphatic heterocycles. The van der Waals surface area contributed by atoms with Gasteiger partial charge in [0.15, 0.2) is 0 Å². The average molecular weight is 273 g/mol. The number of ether oxygens (including phenoxy) is 1. The summed E-state index contributed by atoms with van der Waals surface area (Å²) in [6, 6.07) is 0. The second-order valence-electron chi connectivity index (χ2n) is 7.88. The molecule has 0 atom stereocenters. The van der Waals surface area contributed by atoms with Crippen molar-refractivity contribution in [3.05, 3.63) is 0 Å². The summed E-state index contributed by atoms with van der Waals surface area (Å²) in [4.78, 5) is 0. The smallest absolute Gasteiger partial charge is 0.0466 e. The van der Waals surface area contributed by atoms with Crippen molar-refractivity contribution in [2.45, 2.75) is 93.9 Å². The summed E-state index contributed by atoms with van der Waals surface area (Å²) in [5.41, 5.74) is 1.02. The fourth-order valence-corrected chi connectivity index (χ4v) is 1.75. The molecule has 0 fully saturated rings. The van der Waals surface area contributed by atoms with Crippen LogP contribution in [0.3, 0.4) is 0 Å². The summed E-state index contributed by atoms with van der Waals surface area (Å²) in [5.74, 6) is 0. The highest BCUT2D eigenvalue weighted by atomic mass is 16.5. The van der Waals surface area contributed by atoms with E-state index in [0.717, 1.165) is 13.2 Å². The zero-order valence-corrected chi connectivity index (χ0v) is 15.1. The Labute approximate surface area is 123 Å². The van der Waals surface area contributed by atoms with E-state index in [1.54, 1.807) is 0 Å². The van der Waals surface area contributed by atoms with E-state index in [1.807, 2.05) is 6.92 Å². The third-order valence-electron chi connectivity index (χ3n) is 2.95. The molecule has 0 saturated carbocycles. The lowest BCUT2D eigenvalue weighted by Crippen LogP contribution is -2.06. The maximum Gasteiger partial charge on any atom is 0.0466 e. The predicted molar refractivity (Wildman–Crippen MR) is 88.8 cm³/mol. The van der Waals surface area contributed by atoms with Crippen LogP contribution in [0.25, 0.3) is 0 Å². The van der Waals surface area contributed by atoms with Gasteiger partial charge in [-0.25, -0.2) is 0 Å². The molecule has 1 nitrogen and oxygen atoms in total. The van der Waals surface area contributed by atoms with Crippen molar-refractivity contribution in [2.75, 3.05) is 13.2 Å². The molecule has 0 aliphatic carbocycles.